The van der Waals surface area contributed by atoms with Gasteiger partial charge in [-0.15, -0.1) is 15.3 Å². The summed E-state index contributed by atoms with van der Waals surface area (Å²) in [6.07, 6.45) is 1.65. The lowest BCUT2D eigenvalue weighted by Gasteiger charge is -2.08. The maximum Gasteiger partial charge on any atom is 0.322 e. The zero-order chi connectivity index (χ0) is 21.5. The summed E-state index contributed by atoms with van der Waals surface area (Å²) in [5, 5.41) is 19.9. The fraction of sp³-hybridized carbons (Fsp3) is 0.227. The predicted octanol–water partition coefficient (Wildman–Crippen LogP) is 4.06. The molecule has 9 heteroatoms. The SMILES string of the molecule is CCCn1c(Cc2ccccc2)nnc1SCC(=O)Nc1nnc(-c2ccccc2)o1. The Labute approximate surface area is 184 Å². The minimum absolute atomic E-state index is 0.0734. The largest absolute Gasteiger partial charge is 0.403 e. The summed E-state index contributed by atoms with van der Waals surface area (Å²) >= 11 is 1.34. The summed E-state index contributed by atoms with van der Waals surface area (Å²) in [5.74, 6) is 1.16. The number of aromatic nitrogens is 5. The number of thioether (sulfide) groups is 1. The van der Waals surface area contributed by atoms with Gasteiger partial charge in [0.15, 0.2) is 5.16 Å². The molecule has 1 amide bonds. The van der Waals surface area contributed by atoms with Crippen molar-refractivity contribution in [3.8, 4) is 11.5 Å². The van der Waals surface area contributed by atoms with Crippen LogP contribution >= 0.6 is 11.8 Å². The van der Waals surface area contributed by atoms with Crippen molar-refractivity contribution < 1.29 is 9.21 Å². The molecule has 4 rings (SSSR count). The second-order valence-electron chi connectivity index (χ2n) is 6.83. The normalized spacial score (nSPS) is 10.9. The van der Waals surface area contributed by atoms with Gasteiger partial charge in [0.05, 0.1) is 5.75 Å². The summed E-state index contributed by atoms with van der Waals surface area (Å²) in [4.78, 5) is 12.4. The van der Waals surface area contributed by atoms with Crippen LogP contribution < -0.4 is 5.32 Å². The van der Waals surface area contributed by atoms with Crippen LogP contribution in [0.5, 0.6) is 0 Å². The zero-order valence-electron chi connectivity index (χ0n) is 17.1. The van der Waals surface area contributed by atoms with Crippen molar-refractivity contribution in [1.82, 2.24) is 25.0 Å². The number of benzene rings is 2. The zero-order valence-corrected chi connectivity index (χ0v) is 17.9. The molecule has 2 aromatic heterocycles. The van der Waals surface area contributed by atoms with Crippen LogP contribution in [-0.4, -0.2) is 36.6 Å². The number of hydrogen-bond donors (Lipinski definition) is 1. The molecular formula is C22H22N6O2S. The van der Waals surface area contributed by atoms with Crippen LogP contribution in [-0.2, 0) is 17.8 Å². The molecule has 0 radical (unpaired) electrons. The van der Waals surface area contributed by atoms with Crippen molar-refractivity contribution in [1.29, 1.82) is 0 Å². The van der Waals surface area contributed by atoms with E-state index in [9.17, 15) is 4.79 Å². The van der Waals surface area contributed by atoms with E-state index in [2.05, 4.69) is 49.3 Å². The molecule has 8 nitrogen and oxygen atoms in total. The quantitative estimate of drug-likeness (QED) is 0.397. The van der Waals surface area contributed by atoms with Gasteiger partial charge in [0.1, 0.15) is 5.82 Å². The average Bonchev–Trinajstić information content (AvgIpc) is 3.41. The molecule has 31 heavy (non-hydrogen) atoms. The van der Waals surface area contributed by atoms with E-state index in [1.807, 2.05) is 48.5 Å². The lowest BCUT2D eigenvalue weighted by Crippen LogP contribution is -2.15. The Morgan fingerprint density at radius 3 is 2.48 bits per heavy atom. The van der Waals surface area contributed by atoms with Crippen molar-refractivity contribution in [2.24, 2.45) is 0 Å². The van der Waals surface area contributed by atoms with Crippen molar-refractivity contribution in [3.05, 3.63) is 72.1 Å². The second kappa shape index (κ2) is 10.0. The third-order valence-corrected chi connectivity index (χ3v) is 5.44. The molecule has 158 valence electrons. The van der Waals surface area contributed by atoms with E-state index in [4.69, 9.17) is 4.42 Å². The van der Waals surface area contributed by atoms with E-state index in [1.54, 1.807) is 0 Å². The molecule has 0 aliphatic heterocycles. The van der Waals surface area contributed by atoms with Crippen molar-refractivity contribution in [2.75, 3.05) is 11.1 Å². The lowest BCUT2D eigenvalue weighted by molar-refractivity contribution is -0.113. The van der Waals surface area contributed by atoms with Crippen LogP contribution in [0.3, 0.4) is 0 Å². The highest BCUT2D eigenvalue weighted by Gasteiger charge is 2.16. The van der Waals surface area contributed by atoms with Crippen molar-refractivity contribution in [2.45, 2.75) is 31.5 Å². The van der Waals surface area contributed by atoms with Crippen molar-refractivity contribution in [3.63, 3.8) is 0 Å². The first-order chi connectivity index (χ1) is 15.2. The Bertz CT molecular complexity index is 1130. The molecule has 0 spiro atoms. The smallest absolute Gasteiger partial charge is 0.322 e. The molecule has 1 N–H and O–H groups in total. The summed E-state index contributed by atoms with van der Waals surface area (Å²) in [7, 11) is 0. The van der Waals surface area contributed by atoms with E-state index in [-0.39, 0.29) is 17.7 Å². The predicted molar refractivity (Wildman–Crippen MR) is 119 cm³/mol. The molecule has 0 aliphatic rings. The molecule has 2 aromatic carbocycles. The maximum atomic E-state index is 12.4. The molecule has 0 saturated carbocycles. The van der Waals surface area contributed by atoms with Gasteiger partial charge in [-0.05, 0) is 24.1 Å². The van der Waals surface area contributed by atoms with Gasteiger partial charge in [-0.25, -0.2) is 0 Å². The minimum atomic E-state index is -0.246. The number of nitrogens with one attached hydrogen (secondary N) is 1. The van der Waals surface area contributed by atoms with Gasteiger partial charge in [-0.2, -0.15) is 0 Å². The maximum absolute atomic E-state index is 12.4. The van der Waals surface area contributed by atoms with Crippen molar-refractivity contribution >= 4 is 23.7 Å². The Hall–Kier alpha value is -3.46. The number of rotatable bonds is 9. The van der Waals surface area contributed by atoms with E-state index in [0.29, 0.717) is 12.3 Å². The van der Waals surface area contributed by atoms with Gasteiger partial charge < -0.3 is 8.98 Å². The van der Waals surface area contributed by atoms with Gasteiger partial charge in [0.2, 0.25) is 11.8 Å². The Morgan fingerprint density at radius 2 is 1.74 bits per heavy atom. The first-order valence-electron chi connectivity index (χ1n) is 10.0. The highest BCUT2D eigenvalue weighted by molar-refractivity contribution is 7.99. The van der Waals surface area contributed by atoms with Crippen LogP contribution in [0.15, 0.2) is 70.2 Å². The highest BCUT2D eigenvalue weighted by atomic mass is 32.2. The Morgan fingerprint density at radius 1 is 1.00 bits per heavy atom. The number of hydrogen-bond acceptors (Lipinski definition) is 7. The fourth-order valence-electron chi connectivity index (χ4n) is 3.04. The number of nitrogens with zero attached hydrogens (tertiary/aromatic N) is 5. The molecule has 0 saturated heterocycles. The highest BCUT2D eigenvalue weighted by Crippen LogP contribution is 2.21. The third kappa shape index (κ3) is 5.37. The lowest BCUT2D eigenvalue weighted by atomic mass is 10.1. The average molecular weight is 435 g/mol. The summed E-state index contributed by atoms with van der Waals surface area (Å²) < 4.78 is 7.60. The van der Waals surface area contributed by atoms with Crippen LogP contribution in [0.2, 0.25) is 0 Å². The summed E-state index contributed by atoms with van der Waals surface area (Å²) in [6.45, 7) is 2.90. The van der Waals surface area contributed by atoms with Gasteiger partial charge in [0, 0.05) is 18.5 Å². The van der Waals surface area contributed by atoms with E-state index >= 15 is 0 Å². The molecule has 2 heterocycles. The minimum Gasteiger partial charge on any atom is -0.403 e. The van der Waals surface area contributed by atoms with Gasteiger partial charge >= 0.3 is 6.01 Å². The number of amides is 1. The van der Waals surface area contributed by atoms with E-state index in [1.165, 1.54) is 17.3 Å². The van der Waals surface area contributed by atoms with Crippen LogP contribution in [0.25, 0.3) is 11.5 Å². The topological polar surface area (TPSA) is 98.7 Å². The first-order valence-corrected chi connectivity index (χ1v) is 11.0. The second-order valence-corrected chi connectivity index (χ2v) is 7.77. The van der Waals surface area contributed by atoms with E-state index in [0.717, 1.165) is 29.5 Å². The third-order valence-electron chi connectivity index (χ3n) is 4.47. The number of anilines is 1. The molecule has 0 fully saturated rings. The number of carbonyl (C=O) groups is 1. The van der Waals surface area contributed by atoms with Gasteiger partial charge in [-0.3, -0.25) is 10.1 Å². The molecule has 4 aromatic rings. The summed E-state index contributed by atoms with van der Waals surface area (Å²) in [5.41, 5.74) is 1.97. The molecular weight excluding hydrogens is 412 g/mol. The van der Waals surface area contributed by atoms with Crippen LogP contribution in [0, 0.1) is 0 Å². The van der Waals surface area contributed by atoms with Gasteiger partial charge in [0.25, 0.3) is 0 Å². The standard InChI is InChI=1S/C22H22N6O2S/c1-2-13-28-18(14-16-9-5-3-6-10-16)24-27-22(28)31-15-19(29)23-21-26-25-20(30-21)17-11-7-4-8-12-17/h3-12H,2,13-15H2,1H3,(H,23,26,29). The first kappa shape index (κ1) is 20.8. The Kier molecular flexibility index (Phi) is 6.73. The fourth-order valence-corrected chi connectivity index (χ4v) is 3.82. The Balaban J connectivity index is 1.37. The van der Waals surface area contributed by atoms with Gasteiger partial charge in [-0.1, -0.05) is 72.3 Å². The summed E-state index contributed by atoms with van der Waals surface area (Å²) in [6, 6.07) is 19.6. The molecule has 0 atom stereocenters. The molecule has 0 bridgehead atoms. The van der Waals surface area contributed by atoms with E-state index < -0.39 is 0 Å². The van der Waals surface area contributed by atoms with Crippen LogP contribution in [0.4, 0.5) is 6.01 Å². The molecule has 0 aliphatic carbocycles. The van der Waals surface area contributed by atoms with Crippen LogP contribution in [0.1, 0.15) is 24.7 Å². The number of carbonyl (C=O) groups excluding carboxylic acids is 1. The monoisotopic (exact) mass is 434 g/mol. The molecule has 0 unspecified atom stereocenters.